The predicted molar refractivity (Wildman–Crippen MR) is 76.0 cm³/mol. The van der Waals surface area contributed by atoms with Gasteiger partial charge in [-0.25, -0.2) is 0 Å². The molecule has 2 amide bonds. The maximum absolute atomic E-state index is 12.3. The summed E-state index contributed by atoms with van der Waals surface area (Å²) in [7, 11) is 0. The van der Waals surface area contributed by atoms with E-state index in [1.807, 2.05) is 19.1 Å². The number of carbonyl (C=O) groups excluding carboxylic acids is 2. The van der Waals surface area contributed by atoms with Gasteiger partial charge in [-0.05, 0) is 31.0 Å². The highest BCUT2D eigenvalue weighted by Gasteiger charge is 2.36. The lowest BCUT2D eigenvalue weighted by Crippen LogP contribution is -2.30. The van der Waals surface area contributed by atoms with Crippen molar-refractivity contribution in [1.82, 2.24) is 0 Å². The van der Waals surface area contributed by atoms with E-state index < -0.39 is 0 Å². The molecule has 0 aromatic heterocycles. The van der Waals surface area contributed by atoms with Gasteiger partial charge in [0.25, 0.3) is 0 Å². The fourth-order valence-electron chi connectivity index (χ4n) is 2.54. The molecule has 0 spiro atoms. The molecule has 1 aliphatic carbocycles. The molecule has 0 heterocycles. The zero-order chi connectivity index (χ0) is 13.9. The molecule has 0 saturated heterocycles. The van der Waals surface area contributed by atoms with Gasteiger partial charge in [0.05, 0.1) is 0 Å². The van der Waals surface area contributed by atoms with Gasteiger partial charge in [-0.1, -0.05) is 25.8 Å². The van der Waals surface area contributed by atoms with Gasteiger partial charge in [-0.2, -0.15) is 0 Å². The first-order valence-corrected chi connectivity index (χ1v) is 6.69. The summed E-state index contributed by atoms with van der Waals surface area (Å²) in [5.74, 6) is -0.0452. The minimum absolute atomic E-state index is 0.0741. The van der Waals surface area contributed by atoms with Crippen molar-refractivity contribution in [2.75, 3.05) is 10.6 Å². The average molecular weight is 260 g/mol. The van der Waals surface area contributed by atoms with Crippen LogP contribution in [-0.2, 0) is 9.59 Å². The normalized spacial score (nSPS) is 16.9. The van der Waals surface area contributed by atoms with Crippen molar-refractivity contribution in [3.05, 3.63) is 24.3 Å². The standard InChI is InChI=1S/C15H20N2O2/c1-11(18)16-12-6-5-7-13(10-12)17-14(19)15(2)8-3-4-9-15/h5-7,10H,3-4,8-9H2,1-2H3,(H,16,18)(H,17,19). The molecule has 0 unspecified atom stereocenters. The Morgan fingerprint density at radius 1 is 1.11 bits per heavy atom. The van der Waals surface area contributed by atoms with Crippen molar-refractivity contribution in [3.63, 3.8) is 0 Å². The maximum Gasteiger partial charge on any atom is 0.230 e. The zero-order valence-electron chi connectivity index (χ0n) is 11.5. The second-order valence-corrected chi connectivity index (χ2v) is 5.48. The first kappa shape index (κ1) is 13.6. The number of nitrogens with one attached hydrogen (secondary N) is 2. The predicted octanol–water partition coefficient (Wildman–Crippen LogP) is 3.16. The molecule has 19 heavy (non-hydrogen) atoms. The topological polar surface area (TPSA) is 58.2 Å². The molecule has 1 aliphatic rings. The largest absolute Gasteiger partial charge is 0.326 e. The molecule has 0 atom stereocenters. The van der Waals surface area contributed by atoms with Crippen LogP contribution in [0.5, 0.6) is 0 Å². The van der Waals surface area contributed by atoms with Crippen LogP contribution in [0.4, 0.5) is 11.4 Å². The van der Waals surface area contributed by atoms with Crippen LogP contribution < -0.4 is 10.6 Å². The number of rotatable bonds is 3. The number of carbonyl (C=O) groups is 2. The van der Waals surface area contributed by atoms with E-state index in [4.69, 9.17) is 0 Å². The number of anilines is 2. The molecule has 1 aromatic carbocycles. The minimum Gasteiger partial charge on any atom is -0.326 e. The third-order valence-electron chi connectivity index (χ3n) is 3.70. The van der Waals surface area contributed by atoms with Crippen LogP contribution in [0.1, 0.15) is 39.5 Å². The molecule has 1 fully saturated rings. The van der Waals surface area contributed by atoms with Crippen LogP contribution >= 0.6 is 0 Å². The van der Waals surface area contributed by atoms with Crippen molar-refractivity contribution < 1.29 is 9.59 Å². The quantitative estimate of drug-likeness (QED) is 0.877. The minimum atomic E-state index is -0.246. The maximum atomic E-state index is 12.3. The van der Waals surface area contributed by atoms with Gasteiger partial charge >= 0.3 is 0 Å². The van der Waals surface area contributed by atoms with E-state index in [1.54, 1.807) is 12.1 Å². The Kier molecular flexibility index (Phi) is 3.88. The number of benzene rings is 1. The lowest BCUT2D eigenvalue weighted by atomic mass is 9.88. The Morgan fingerprint density at radius 3 is 2.26 bits per heavy atom. The van der Waals surface area contributed by atoms with E-state index in [2.05, 4.69) is 10.6 Å². The smallest absolute Gasteiger partial charge is 0.230 e. The summed E-state index contributed by atoms with van der Waals surface area (Å²) in [5.41, 5.74) is 1.18. The van der Waals surface area contributed by atoms with E-state index in [0.29, 0.717) is 5.69 Å². The van der Waals surface area contributed by atoms with Gasteiger partial charge < -0.3 is 10.6 Å². The summed E-state index contributed by atoms with van der Waals surface area (Å²) in [5, 5.41) is 5.66. The second-order valence-electron chi connectivity index (χ2n) is 5.48. The monoisotopic (exact) mass is 260 g/mol. The summed E-state index contributed by atoms with van der Waals surface area (Å²) in [6.07, 6.45) is 4.14. The SMILES string of the molecule is CC(=O)Nc1cccc(NC(=O)C2(C)CCCC2)c1. The number of hydrogen-bond donors (Lipinski definition) is 2. The Morgan fingerprint density at radius 2 is 1.68 bits per heavy atom. The molecule has 0 aliphatic heterocycles. The Hall–Kier alpha value is -1.84. The summed E-state index contributed by atoms with van der Waals surface area (Å²) in [4.78, 5) is 23.3. The third-order valence-corrected chi connectivity index (χ3v) is 3.70. The van der Waals surface area contributed by atoms with E-state index in [1.165, 1.54) is 6.92 Å². The first-order valence-electron chi connectivity index (χ1n) is 6.69. The van der Waals surface area contributed by atoms with Crippen molar-refractivity contribution >= 4 is 23.2 Å². The van der Waals surface area contributed by atoms with Crippen LogP contribution in [0, 0.1) is 5.41 Å². The molecule has 1 saturated carbocycles. The lowest BCUT2D eigenvalue weighted by molar-refractivity contribution is -0.124. The van der Waals surface area contributed by atoms with Crippen LogP contribution in [0.15, 0.2) is 24.3 Å². The Balaban J connectivity index is 2.06. The van der Waals surface area contributed by atoms with Crippen molar-refractivity contribution in [1.29, 1.82) is 0 Å². The van der Waals surface area contributed by atoms with Crippen molar-refractivity contribution in [3.8, 4) is 0 Å². The number of hydrogen-bond acceptors (Lipinski definition) is 2. The van der Waals surface area contributed by atoms with Gasteiger partial charge in [0.2, 0.25) is 11.8 Å². The fourth-order valence-corrected chi connectivity index (χ4v) is 2.54. The van der Waals surface area contributed by atoms with Gasteiger partial charge in [-0.3, -0.25) is 9.59 Å². The summed E-state index contributed by atoms with van der Waals surface area (Å²) >= 11 is 0. The summed E-state index contributed by atoms with van der Waals surface area (Å²) in [6.45, 7) is 3.48. The molecule has 102 valence electrons. The molecule has 0 radical (unpaired) electrons. The van der Waals surface area contributed by atoms with Crippen LogP contribution in [0.25, 0.3) is 0 Å². The molecule has 4 nitrogen and oxygen atoms in total. The summed E-state index contributed by atoms with van der Waals surface area (Å²) in [6, 6.07) is 7.23. The molecule has 0 bridgehead atoms. The molecule has 2 N–H and O–H groups in total. The second kappa shape index (κ2) is 5.43. The third kappa shape index (κ3) is 3.34. The molecular formula is C15H20N2O2. The Bertz CT molecular complexity index is 491. The summed E-state index contributed by atoms with van der Waals surface area (Å²) < 4.78 is 0. The van der Waals surface area contributed by atoms with E-state index in [9.17, 15) is 9.59 Å². The van der Waals surface area contributed by atoms with Crippen LogP contribution in [0.3, 0.4) is 0 Å². The highest BCUT2D eigenvalue weighted by Crippen LogP contribution is 2.38. The van der Waals surface area contributed by atoms with Crippen LogP contribution in [-0.4, -0.2) is 11.8 Å². The molecule has 4 heteroatoms. The van der Waals surface area contributed by atoms with Gasteiger partial charge in [0, 0.05) is 23.7 Å². The van der Waals surface area contributed by atoms with E-state index in [0.717, 1.165) is 31.4 Å². The van der Waals surface area contributed by atoms with Gasteiger partial charge in [0.1, 0.15) is 0 Å². The average Bonchev–Trinajstić information content (AvgIpc) is 2.77. The van der Waals surface area contributed by atoms with Crippen LogP contribution in [0.2, 0.25) is 0 Å². The lowest BCUT2D eigenvalue weighted by Gasteiger charge is -2.22. The van der Waals surface area contributed by atoms with Gasteiger partial charge in [0.15, 0.2) is 0 Å². The number of amides is 2. The zero-order valence-corrected chi connectivity index (χ0v) is 11.5. The highest BCUT2D eigenvalue weighted by molar-refractivity contribution is 5.96. The molecular weight excluding hydrogens is 240 g/mol. The highest BCUT2D eigenvalue weighted by atomic mass is 16.2. The van der Waals surface area contributed by atoms with E-state index in [-0.39, 0.29) is 17.2 Å². The van der Waals surface area contributed by atoms with E-state index >= 15 is 0 Å². The van der Waals surface area contributed by atoms with Crippen molar-refractivity contribution in [2.45, 2.75) is 39.5 Å². The molecule has 1 aromatic rings. The van der Waals surface area contributed by atoms with Crippen molar-refractivity contribution in [2.24, 2.45) is 5.41 Å². The first-order chi connectivity index (χ1) is 8.99. The Labute approximate surface area is 113 Å². The molecule has 2 rings (SSSR count). The van der Waals surface area contributed by atoms with Gasteiger partial charge in [-0.15, -0.1) is 0 Å². The fraction of sp³-hybridized carbons (Fsp3) is 0.467.